The van der Waals surface area contributed by atoms with Crippen molar-refractivity contribution in [2.45, 2.75) is 37.1 Å². The molecule has 1 aromatic carbocycles. The van der Waals surface area contributed by atoms with Gasteiger partial charge < -0.3 is 10.6 Å². The van der Waals surface area contributed by atoms with Gasteiger partial charge in [0.1, 0.15) is 0 Å². The summed E-state index contributed by atoms with van der Waals surface area (Å²) in [6.45, 7) is 3.08. The third-order valence-corrected chi connectivity index (χ3v) is 5.15. The van der Waals surface area contributed by atoms with E-state index in [0.717, 1.165) is 31.5 Å². The lowest BCUT2D eigenvalue weighted by molar-refractivity contribution is 0.588. The van der Waals surface area contributed by atoms with E-state index in [1.807, 2.05) is 0 Å². The molecule has 6 heteroatoms. The maximum Gasteiger partial charge on any atom is 0.240 e. The molecule has 1 unspecified atom stereocenters. The summed E-state index contributed by atoms with van der Waals surface area (Å²) >= 11 is 0. The summed E-state index contributed by atoms with van der Waals surface area (Å²) in [6.07, 6.45) is 3.31. The average molecular weight is 283 g/mol. The minimum absolute atomic E-state index is 0.265. The van der Waals surface area contributed by atoms with Crippen molar-refractivity contribution in [3.63, 3.8) is 0 Å². The number of benzene rings is 1. The number of sulfonamides is 1. The van der Waals surface area contributed by atoms with Crippen LogP contribution in [-0.2, 0) is 10.0 Å². The maximum absolute atomic E-state index is 11.9. The molecule has 0 radical (unpaired) electrons. The number of rotatable bonds is 4. The smallest absolute Gasteiger partial charge is 0.240 e. The van der Waals surface area contributed by atoms with Gasteiger partial charge >= 0.3 is 0 Å². The average Bonchev–Trinajstić information content (AvgIpc) is 2.87. The van der Waals surface area contributed by atoms with E-state index in [1.165, 1.54) is 7.05 Å². The van der Waals surface area contributed by atoms with E-state index >= 15 is 0 Å². The zero-order valence-corrected chi connectivity index (χ0v) is 12.2. The van der Waals surface area contributed by atoms with E-state index < -0.39 is 10.0 Å². The van der Waals surface area contributed by atoms with Crippen LogP contribution in [0.25, 0.3) is 0 Å². The molecular weight excluding hydrogens is 262 g/mol. The first-order chi connectivity index (χ1) is 8.99. The predicted octanol–water partition coefficient (Wildman–Crippen LogP) is 1.56. The minimum atomic E-state index is -3.42. The highest BCUT2D eigenvalue weighted by Gasteiger charge is 2.25. The molecule has 0 bridgehead atoms. The third-order valence-electron chi connectivity index (χ3n) is 3.74. The monoisotopic (exact) mass is 283 g/mol. The van der Waals surface area contributed by atoms with Crippen LogP contribution in [0.2, 0.25) is 0 Å². The minimum Gasteiger partial charge on any atom is -0.397 e. The van der Waals surface area contributed by atoms with E-state index in [9.17, 15) is 8.42 Å². The van der Waals surface area contributed by atoms with Gasteiger partial charge in [-0.15, -0.1) is 0 Å². The molecule has 19 heavy (non-hydrogen) atoms. The van der Waals surface area contributed by atoms with Crippen molar-refractivity contribution in [1.29, 1.82) is 0 Å². The number of anilines is 2. The predicted molar refractivity (Wildman–Crippen MR) is 77.8 cm³/mol. The molecule has 1 aliphatic rings. The van der Waals surface area contributed by atoms with Crippen molar-refractivity contribution in [2.24, 2.45) is 0 Å². The summed E-state index contributed by atoms with van der Waals surface area (Å²) in [5.74, 6) is 0. The Labute approximate surface area is 114 Å². The van der Waals surface area contributed by atoms with Crippen LogP contribution in [0.15, 0.2) is 23.1 Å². The number of nitrogens with two attached hydrogens (primary N) is 1. The molecule has 5 nitrogen and oxygen atoms in total. The first kappa shape index (κ1) is 14.1. The van der Waals surface area contributed by atoms with E-state index in [-0.39, 0.29) is 4.90 Å². The molecule has 0 spiro atoms. The van der Waals surface area contributed by atoms with Crippen molar-refractivity contribution < 1.29 is 8.42 Å². The van der Waals surface area contributed by atoms with E-state index in [2.05, 4.69) is 16.5 Å². The summed E-state index contributed by atoms with van der Waals surface area (Å²) in [6, 6.07) is 5.34. The van der Waals surface area contributed by atoms with Crippen LogP contribution < -0.4 is 15.4 Å². The van der Waals surface area contributed by atoms with Crippen molar-refractivity contribution in [3.05, 3.63) is 18.2 Å². The standard InChI is InChI=1S/C13H21N3O2S/c1-3-10-5-4-8-16(10)13-9-11(6-7-12(13)14)19(17,18)15-2/h6-7,9-10,15H,3-5,8,14H2,1-2H3. The molecule has 1 saturated heterocycles. The molecule has 0 saturated carbocycles. The fraction of sp³-hybridized carbons (Fsp3) is 0.538. The summed E-state index contributed by atoms with van der Waals surface area (Å²) in [5.41, 5.74) is 7.48. The van der Waals surface area contributed by atoms with E-state index in [4.69, 9.17) is 5.73 Å². The number of nitrogens with zero attached hydrogens (tertiary/aromatic N) is 1. The first-order valence-electron chi connectivity index (χ1n) is 6.59. The van der Waals surface area contributed by atoms with Gasteiger partial charge in [-0.25, -0.2) is 13.1 Å². The highest BCUT2D eigenvalue weighted by atomic mass is 32.2. The topological polar surface area (TPSA) is 75.4 Å². The van der Waals surface area contributed by atoms with Crippen molar-refractivity contribution >= 4 is 21.4 Å². The molecule has 2 rings (SSSR count). The second kappa shape index (κ2) is 5.38. The second-order valence-electron chi connectivity index (χ2n) is 4.83. The van der Waals surface area contributed by atoms with Crippen molar-refractivity contribution in [2.75, 3.05) is 24.2 Å². The van der Waals surface area contributed by atoms with Crippen molar-refractivity contribution in [1.82, 2.24) is 4.72 Å². The van der Waals surface area contributed by atoms with Gasteiger partial charge in [-0.2, -0.15) is 0 Å². The van der Waals surface area contributed by atoms with Crippen LogP contribution in [0.5, 0.6) is 0 Å². The summed E-state index contributed by atoms with van der Waals surface area (Å²) in [4.78, 5) is 2.49. The number of hydrogen-bond donors (Lipinski definition) is 2. The van der Waals surface area contributed by atoms with Crippen LogP contribution in [0, 0.1) is 0 Å². The second-order valence-corrected chi connectivity index (χ2v) is 6.71. The lowest BCUT2D eigenvalue weighted by atomic mass is 10.1. The number of hydrogen-bond acceptors (Lipinski definition) is 4. The quantitative estimate of drug-likeness (QED) is 0.822. The Morgan fingerprint density at radius 3 is 2.84 bits per heavy atom. The van der Waals surface area contributed by atoms with Crippen LogP contribution in [-0.4, -0.2) is 28.1 Å². The summed E-state index contributed by atoms with van der Waals surface area (Å²) in [7, 11) is -2.01. The Kier molecular flexibility index (Phi) is 4.01. The molecule has 1 fully saturated rings. The van der Waals surface area contributed by atoms with Gasteiger partial charge in [0.05, 0.1) is 16.3 Å². The molecule has 1 heterocycles. The Bertz CT molecular complexity index is 557. The molecule has 0 aromatic heterocycles. The summed E-state index contributed by atoms with van der Waals surface area (Å²) < 4.78 is 26.1. The Morgan fingerprint density at radius 2 is 2.21 bits per heavy atom. The van der Waals surface area contributed by atoms with Crippen LogP contribution >= 0.6 is 0 Å². The fourth-order valence-corrected chi connectivity index (χ4v) is 3.38. The van der Waals surface area contributed by atoms with E-state index in [0.29, 0.717) is 11.7 Å². The van der Waals surface area contributed by atoms with Crippen LogP contribution in [0.4, 0.5) is 11.4 Å². The van der Waals surface area contributed by atoms with Gasteiger partial charge in [0.25, 0.3) is 0 Å². The molecule has 106 valence electrons. The fourth-order valence-electron chi connectivity index (χ4n) is 2.63. The molecular formula is C13H21N3O2S. The van der Waals surface area contributed by atoms with Gasteiger partial charge in [-0.1, -0.05) is 6.92 Å². The van der Waals surface area contributed by atoms with Crippen molar-refractivity contribution in [3.8, 4) is 0 Å². The molecule has 0 amide bonds. The zero-order chi connectivity index (χ0) is 14.0. The molecule has 1 atom stereocenters. The van der Waals surface area contributed by atoms with Crippen LogP contribution in [0.3, 0.4) is 0 Å². The lowest BCUT2D eigenvalue weighted by Gasteiger charge is -2.27. The third kappa shape index (κ3) is 2.69. The SMILES string of the molecule is CCC1CCCN1c1cc(S(=O)(=O)NC)ccc1N. The highest BCUT2D eigenvalue weighted by Crippen LogP contribution is 2.33. The zero-order valence-electron chi connectivity index (χ0n) is 11.4. The van der Waals surface area contributed by atoms with Gasteiger partial charge in [-0.3, -0.25) is 0 Å². The van der Waals surface area contributed by atoms with Gasteiger partial charge in [-0.05, 0) is 44.5 Å². The number of nitrogen functional groups attached to an aromatic ring is 1. The largest absolute Gasteiger partial charge is 0.397 e. The summed E-state index contributed by atoms with van der Waals surface area (Å²) in [5, 5.41) is 0. The van der Waals surface area contributed by atoms with Crippen LogP contribution in [0.1, 0.15) is 26.2 Å². The Morgan fingerprint density at radius 1 is 1.47 bits per heavy atom. The van der Waals surface area contributed by atoms with Gasteiger partial charge in [0.2, 0.25) is 10.0 Å². The number of nitrogens with one attached hydrogen (secondary N) is 1. The molecule has 1 aromatic rings. The maximum atomic E-state index is 11.9. The molecule has 0 aliphatic carbocycles. The lowest BCUT2D eigenvalue weighted by Crippen LogP contribution is -2.29. The Balaban J connectivity index is 2.43. The van der Waals surface area contributed by atoms with Gasteiger partial charge in [0, 0.05) is 12.6 Å². The Hall–Kier alpha value is -1.27. The molecule has 1 aliphatic heterocycles. The first-order valence-corrected chi connectivity index (χ1v) is 8.07. The van der Waals surface area contributed by atoms with Gasteiger partial charge in [0.15, 0.2) is 0 Å². The molecule has 3 N–H and O–H groups in total. The van der Waals surface area contributed by atoms with E-state index in [1.54, 1.807) is 18.2 Å². The highest BCUT2D eigenvalue weighted by molar-refractivity contribution is 7.89. The normalized spacial score (nSPS) is 19.9.